The van der Waals surface area contributed by atoms with E-state index in [4.69, 9.17) is 10.5 Å². The van der Waals surface area contributed by atoms with E-state index >= 15 is 0 Å². The van der Waals surface area contributed by atoms with Crippen LogP contribution in [0.1, 0.15) is 21.8 Å². The minimum absolute atomic E-state index is 0.284. The van der Waals surface area contributed by atoms with Gasteiger partial charge in [-0.25, -0.2) is 0 Å². The lowest BCUT2D eigenvalue weighted by Gasteiger charge is -2.15. The number of amides is 1. The third-order valence-electron chi connectivity index (χ3n) is 3.05. The smallest absolute Gasteiger partial charge is 0.248 e. The molecule has 104 valence electrons. The van der Waals surface area contributed by atoms with Gasteiger partial charge in [-0.15, -0.1) is 0 Å². The first kappa shape index (κ1) is 14.6. The third-order valence-corrected chi connectivity index (χ3v) is 3.83. The van der Waals surface area contributed by atoms with E-state index in [9.17, 15) is 4.79 Å². The second-order valence-corrected chi connectivity index (χ2v) is 5.11. The van der Waals surface area contributed by atoms with Crippen LogP contribution in [-0.2, 0) is 0 Å². The molecular formula is C16H16BrNO2. The first-order valence-electron chi connectivity index (χ1n) is 6.34. The Hall–Kier alpha value is -1.81. The highest BCUT2D eigenvalue weighted by Crippen LogP contribution is 2.20. The number of carbonyl (C=O) groups is 1. The highest BCUT2D eigenvalue weighted by atomic mass is 79.9. The summed E-state index contributed by atoms with van der Waals surface area (Å²) in [6.07, 6.45) is 0. The van der Waals surface area contributed by atoms with Crippen molar-refractivity contribution in [1.82, 2.24) is 0 Å². The normalized spacial score (nSPS) is 11.8. The van der Waals surface area contributed by atoms with E-state index in [0.717, 1.165) is 11.1 Å². The largest absolute Gasteiger partial charge is 0.493 e. The van der Waals surface area contributed by atoms with Crippen LogP contribution in [0, 0.1) is 0 Å². The highest BCUT2D eigenvalue weighted by Gasteiger charge is 2.10. The van der Waals surface area contributed by atoms with Crippen LogP contribution >= 0.6 is 15.9 Å². The van der Waals surface area contributed by atoms with Crippen molar-refractivity contribution >= 4 is 21.8 Å². The van der Waals surface area contributed by atoms with Gasteiger partial charge in [-0.3, -0.25) is 4.79 Å². The number of nitrogens with two attached hydrogens (primary N) is 1. The minimum atomic E-state index is -0.431. The highest BCUT2D eigenvalue weighted by molar-refractivity contribution is 9.09. The Bertz CT molecular complexity index is 554. The van der Waals surface area contributed by atoms with Gasteiger partial charge in [0.05, 0.1) is 6.61 Å². The summed E-state index contributed by atoms with van der Waals surface area (Å²) >= 11 is 3.52. The maximum absolute atomic E-state index is 11.0. The van der Waals surface area contributed by atoms with Crippen LogP contribution in [-0.4, -0.2) is 17.8 Å². The Morgan fingerprint density at radius 2 is 1.75 bits per heavy atom. The van der Waals surface area contributed by atoms with Crippen LogP contribution in [0.15, 0.2) is 54.6 Å². The molecule has 4 heteroatoms. The van der Waals surface area contributed by atoms with Gasteiger partial charge in [0.2, 0.25) is 5.91 Å². The van der Waals surface area contributed by atoms with Crippen molar-refractivity contribution in [1.29, 1.82) is 0 Å². The Morgan fingerprint density at radius 1 is 1.10 bits per heavy atom. The molecule has 0 spiro atoms. The predicted molar refractivity (Wildman–Crippen MR) is 83.4 cm³/mol. The summed E-state index contributed by atoms with van der Waals surface area (Å²) < 4.78 is 5.77. The summed E-state index contributed by atoms with van der Waals surface area (Å²) in [5, 5.41) is 0.830. The number of alkyl halides is 1. The molecule has 2 aromatic carbocycles. The van der Waals surface area contributed by atoms with E-state index in [1.165, 1.54) is 5.56 Å². The molecular weight excluding hydrogens is 318 g/mol. The number of carbonyl (C=O) groups excluding carboxylic acids is 1. The van der Waals surface area contributed by atoms with Crippen LogP contribution in [0.5, 0.6) is 5.75 Å². The van der Waals surface area contributed by atoms with Gasteiger partial charge in [0, 0.05) is 16.8 Å². The SMILES string of the molecule is NC(=O)c1ccc(OCC(CBr)c2ccccc2)cc1. The number of rotatable bonds is 6. The molecule has 0 heterocycles. The molecule has 0 aromatic heterocycles. The molecule has 0 saturated heterocycles. The number of ether oxygens (including phenoxy) is 1. The number of benzene rings is 2. The molecule has 1 atom stereocenters. The molecule has 2 rings (SSSR count). The zero-order chi connectivity index (χ0) is 14.4. The number of primary amides is 1. The molecule has 0 bridgehead atoms. The predicted octanol–water partition coefficient (Wildman–Crippen LogP) is 3.34. The van der Waals surface area contributed by atoms with Gasteiger partial charge in [-0.05, 0) is 29.8 Å². The third kappa shape index (κ3) is 3.84. The summed E-state index contributed by atoms with van der Waals surface area (Å²) in [6.45, 7) is 0.575. The molecule has 2 N–H and O–H groups in total. The lowest BCUT2D eigenvalue weighted by atomic mass is 10.0. The Kier molecular flexibility index (Phi) is 5.18. The summed E-state index contributed by atoms with van der Waals surface area (Å²) in [6, 6.07) is 17.1. The summed E-state index contributed by atoms with van der Waals surface area (Å²) in [4.78, 5) is 11.0. The number of hydrogen-bond donors (Lipinski definition) is 1. The monoisotopic (exact) mass is 333 g/mol. The molecule has 0 radical (unpaired) electrons. The zero-order valence-corrected chi connectivity index (χ0v) is 12.5. The molecule has 0 aliphatic rings. The van der Waals surface area contributed by atoms with Crippen molar-refractivity contribution in [3.05, 3.63) is 65.7 Å². The van der Waals surface area contributed by atoms with E-state index in [0.29, 0.717) is 12.2 Å². The van der Waals surface area contributed by atoms with Crippen LogP contribution in [0.2, 0.25) is 0 Å². The van der Waals surface area contributed by atoms with Crippen molar-refractivity contribution in [3.63, 3.8) is 0 Å². The quantitative estimate of drug-likeness (QED) is 0.824. The van der Waals surface area contributed by atoms with Crippen molar-refractivity contribution in [2.24, 2.45) is 5.73 Å². The van der Waals surface area contributed by atoms with E-state index in [1.54, 1.807) is 24.3 Å². The average molecular weight is 334 g/mol. The second kappa shape index (κ2) is 7.10. The molecule has 2 aromatic rings. The van der Waals surface area contributed by atoms with Crippen LogP contribution < -0.4 is 10.5 Å². The second-order valence-electron chi connectivity index (χ2n) is 4.46. The van der Waals surface area contributed by atoms with Crippen LogP contribution in [0.4, 0.5) is 0 Å². The van der Waals surface area contributed by atoms with Gasteiger partial charge in [0.15, 0.2) is 0 Å². The summed E-state index contributed by atoms with van der Waals surface area (Å²) in [5.41, 5.74) is 6.92. The van der Waals surface area contributed by atoms with Crippen molar-refractivity contribution in [3.8, 4) is 5.75 Å². The van der Waals surface area contributed by atoms with Gasteiger partial charge in [0.25, 0.3) is 0 Å². The summed E-state index contributed by atoms with van der Waals surface area (Å²) in [5.74, 6) is 0.586. The van der Waals surface area contributed by atoms with Gasteiger partial charge >= 0.3 is 0 Å². The molecule has 20 heavy (non-hydrogen) atoms. The van der Waals surface area contributed by atoms with Gasteiger partial charge in [0.1, 0.15) is 5.75 Å². The fourth-order valence-electron chi connectivity index (χ4n) is 1.87. The van der Waals surface area contributed by atoms with Gasteiger partial charge in [-0.1, -0.05) is 46.3 Å². The lowest BCUT2D eigenvalue weighted by Crippen LogP contribution is -2.12. The number of halogens is 1. The van der Waals surface area contributed by atoms with Crippen molar-refractivity contribution < 1.29 is 9.53 Å². The lowest BCUT2D eigenvalue weighted by molar-refractivity contribution is 0.100. The van der Waals surface area contributed by atoms with Gasteiger partial charge in [-0.2, -0.15) is 0 Å². The molecule has 0 fully saturated rings. The van der Waals surface area contributed by atoms with Crippen molar-refractivity contribution in [2.45, 2.75) is 5.92 Å². The minimum Gasteiger partial charge on any atom is -0.493 e. The fraction of sp³-hybridized carbons (Fsp3) is 0.188. The molecule has 1 amide bonds. The Labute approximate surface area is 126 Å². The molecule has 0 aliphatic carbocycles. The first-order chi connectivity index (χ1) is 9.70. The Balaban J connectivity index is 1.98. The van der Waals surface area contributed by atoms with Crippen molar-refractivity contribution in [2.75, 3.05) is 11.9 Å². The van der Waals surface area contributed by atoms with Gasteiger partial charge < -0.3 is 10.5 Å². The molecule has 0 aliphatic heterocycles. The van der Waals surface area contributed by atoms with E-state index in [2.05, 4.69) is 28.1 Å². The topological polar surface area (TPSA) is 52.3 Å². The fourth-order valence-corrected chi connectivity index (χ4v) is 2.43. The maximum atomic E-state index is 11.0. The summed E-state index contributed by atoms with van der Waals surface area (Å²) in [7, 11) is 0. The van der Waals surface area contributed by atoms with Crippen LogP contribution in [0.3, 0.4) is 0 Å². The molecule has 1 unspecified atom stereocenters. The average Bonchev–Trinajstić information content (AvgIpc) is 2.49. The maximum Gasteiger partial charge on any atom is 0.248 e. The van der Waals surface area contributed by atoms with E-state index in [-0.39, 0.29) is 5.92 Å². The Morgan fingerprint density at radius 3 is 2.30 bits per heavy atom. The standard InChI is InChI=1S/C16H16BrNO2/c17-10-14(12-4-2-1-3-5-12)11-20-15-8-6-13(7-9-15)16(18)19/h1-9,14H,10-11H2,(H2,18,19). The number of hydrogen-bond acceptors (Lipinski definition) is 2. The van der Waals surface area contributed by atoms with E-state index in [1.807, 2.05) is 18.2 Å². The van der Waals surface area contributed by atoms with E-state index < -0.39 is 5.91 Å². The van der Waals surface area contributed by atoms with Crippen LogP contribution in [0.25, 0.3) is 0 Å². The first-order valence-corrected chi connectivity index (χ1v) is 7.46. The zero-order valence-electron chi connectivity index (χ0n) is 11.0. The molecule has 3 nitrogen and oxygen atoms in total. The molecule has 0 saturated carbocycles.